The summed E-state index contributed by atoms with van der Waals surface area (Å²) in [6.45, 7) is 10.4. The lowest BCUT2D eigenvalue weighted by Gasteiger charge is -2.27. The van der Waals surface area contributed by atoms with Crippen molar-refractivity contribution in [1.29, 1.82) is 0 Å². The third-order valence-electron chi connectivity index (χ3n) is 7.37. The van der Waals surface area contributed by atoms with Crippen LogP contribution in [0.5, 0.6) is 17.2 Å². The van der Waals surface area contributed by atoms with Crippen LogP contribution in [0.1, 0.15) is 51.3 Å². The first-order valence-corrected chi connectivity index (χ1v) is 15.6. The largest absolute Gasteiger partial charge is 0.496 e. The molecule has 10 nitrogen and oxygen atoms in total. The van der Waals surface area contributed by atoms with Crippen LogP contribution in [0.15, 0.2) is 57.5 Å². The minimum Gasteiger partial charge on any atom is -0.496 e. The van der Waals surface area contributed by atoms with Gasteiger partial charge in [-0.25, -0.2) is 9.79 Å². The Morgan fingerprint density at radius 1 is 1.02 bits per heavy atom. The highest BCUT2D eigenvalue weighted by molar-refractivity contribution is 7.07. The van der Waals surface area contributed by atoms with Crippen molar-refractivity contribution in [3.05, 3.63) is 78.5 Å². The molecule has 0 unspecified atom stereocenters. The van der Waals surface area contributed by atoms with E-state index < -0.39 is 12.0 Å². The summed E-state index contributed by atoms with van der Waals surface area (Å²) < 4.78 is 30.2. The summed E-state index contributed by atoms with van der Waals surface area (Å²) in [5.41, 5.74) is 2.79. The van der Waals surface area contributed by atoms with Crippen molar-refractivity contribution in [2.75, 3.05) is 59.1 Å². The SMILES string of the molecule is CCCOc1c(OC)cccc1[C@@H]1C(C(=O)OCCOC)=C(C)N=c2s/c(=C/c3ccc(N(CC)CC)cc3OC)c(=O)n21. The number of esters is 1. The lowest BCUT2D eigenvalue weighted by molar-refractivity contribution is -0.140. The maximum absolute atomic E-state index is 14.3. The van der Waals surface area contributed by atoms with Gasteiger partial charge < -0.3 is 28.6 Å². The van der Waals surface area contributed by atoms with Gasteiger partial charge in [0.25, 0.3) is 5.56 Å². The molecule has 0 bridgehead atoms. The molecule has 0 N–H and O–H groups in total. The van der Waals surface area contributed by atoms with E-state index in [0.717, 1.165) is 30.8 Å². The minimum absolute atomic E-state index is 0.0594. The lowest BCUT2D eigenvalue weighted by Crippen LogP contribution is -2.40. The van der Waals surface area contributed by atoms with Crippen LogP contribution in [0.4, 0.5) is 5.69 Å². The van der Waals surface area contributed by atoms with E-state index in [2.05, 4.69) is 18.7 Å². The van der Waals surface area contributed by atoms with Crippen molar-refractivity contribution >= 4 is 29.1 Å². The number of thiazole rings is 1. The molecule has 1 aliphatic heterocycles. The molecule has 44 heavy (non-hydrogen) atoms. The van der Waals surface area contributed by atoms with Crippen LogP contribution in [0, 0.1) is 0 Å². The molecule has 0 aliphatic carbocycles. The molecule has 2 heterocycles. The number of nitrogens with zero attached hydrogens (tertiary/aromatic N) is 3. The van der Waals surface area contributed by atoms with E-state index in [0.29, 0.717) is 44.4 Å². The van der Waals surface area contributed by atoms with Gasteiger partial charge in [-0.2, -0.15) is 0 Å². The van der Waals surface area contributed by atoms with Gasteiger partial charge in [-0.1, -0.05) is 30.4 Å². The molecule has 1 aromatic heterocycles. The smallest absolute Gasteiger partial charge is 0.338 e. The first kappa shape index (κ1) is 32.8. The number of hydrogen-bond donors (Lipinski definition) is 0. The van der Waals surface area contributed by atoms with Crippen LogP contribution in [-0.4, -0.2) is 64.8 Å². The molecule has 0 saturated heterocycles. The Bertz CT molecular complexity index is 1690. The molecule has 1 aliphatic rings. The monoisotopic (exact) mass is 623 g/mol. The van der Waals surface area contributed by atoms with E-state index in [1.54, 1.807) is 31.8 Å². The van der Waals surface area contributed by atoms with Crippen molar-refractivity contribution < 1.29 is 28.5 Å². The first-order chi connectivity index (χ1) is 21.3. The predicted octanol–water partition coefficient (Wildman–Crippen LogP) is 4.08. The number of anilines is 1. The third kappa shape index (κ3) is 6.68. The maximum Gasteiger partial charge on any atom is 0.338 e. The zero-order valence-corrected chi connectivity index (χ0v) is 27.3. The molecule has 3 aromatic rings. The minimum atomic E-state index is -0.864. The Balaban J connectivity index is 1.94. The third-order valence-corrected chi connectivity index (χ3v) is 8.35. The van der Waals surface area contributed by atoms with Gasteiger partial charge in [-0.3, -0.25) is 9.36 Å². The molecular weight excluding hydrogens is 582 g/mol. The number of hydrogen-bond acceptors (Lipinski definition) is 10. The van der Waals surface area contributed by atoms with Crippen molar-refractivity contribution in [3.8, 4) is 17.2 Å². The summed E-state index contributed by atoms with van der Waals surface area (Å²) in [6, 6.07) is 10.5. The Morgan fingerprint density at radius 3 is 2.43 bits per heavy atom. The Hall–Kier alpha value is -4.09. The fourth-order valence-electron chi connectivity index (χ4n) is 5.19. The molecule has 0 spiro atoms. The average molecular weight is 624 g/mol. The second kappa shape index (κ2) is 15.1. The summed E-state index contributed by atoms with van der Waals surface area (Å²) >= 11 is 1.25. The Kier molecular flexibility index (Phi) is 11.2. The summed E-state index contributed by atoms with van der Waals surface area (Å²) in [4.78, 5) is 35.2. The number of rotatable bonds is 14. The van der Waals surface area contributed by atoms with Crippen molar-refractivity contribution in [2.24, 2.45) is 4.99 Å². The number of methoxy groups -OCH3 is 3. The molecule has 0 saturated carbocycles. The van der Waals surface area contributed by atoms with E-state index in [1.165, 1.54) is 18.4 Å². The summed E-state index contributed by atoms with van der Waals surface area (Å²) in [5.74, 6) is 1.03. The van der Waals surface area contributed by atoms with Crippen LogP contribution in [0.3, 0.4) is 0 Å². The molecule has 236 valence electrons. The quantitative estimate of drug-likeness (QED) is 0.196. The van der Waals surface area contributed by atoms with Gasteiger partial charge in [0.05, 0.1) is 43.2 Å². The number of para-hydroxylation sites is 1. The fourth-order valence-corrected chi connectivity index (χ4v) is 6.22. The first-order valence-electron chi connectivity index (χ1n) is 14.7. The highest BCUT2D eigenvalue weighted by atomic mass is 32.1. The normalized spacial score (nSPS) is 14.6. The van der Waals surface area contributed by atoms with Crippen LogP contribution in [-0.2, 0) is 14.3 Å². The number of allylic oxidation sites excluding steroid dienone is 1. The van der Waals surface area contributed by atoms with Gasteiger partial charge >= 0.3 is 5.97 Å². The number of benzene rings is 2. The van der Waals surface area contributed by atoms with E-state index in [4.69, 9.17) is 28.7 Å². The molecular formula is C33H41N3O7S. The number of aromatic nitrogens is 1. The molecule has 4 rings (SSSR count). The van der Waals surface area contributed by atoms with Gasteiger partial charge in [0, 0.05) is 43.1 Å². The van der Waals surface area contributed by atoms with Gasteiger partial charge in [-0.05, 0) is 51.5 Å². The molecule has 0 radical (unpaired) electrons. The second-order valence-corrected chi connectivity index (χ2v) is 11.0. The Labute approximate surface area is 261 Å². The molecule has 1 atom stereocenters. The summed E-state index contributed by atoms with van der Waals surface area (Å²) in [5, 5.41) is 0. The molecule has 2 aromatic carbocycles. The standard InChI is InChI=1S/C33H41N3O7S/c1-8-16-42-30-24(12-11-13-25(30)40-6)29-28(32(38)43-18-17-39-5)21(4)34-33-36(29)31(37)27(44-33)19-22-14-15-23(20-26(22)41-7)35(9-2)10-3/h11-15,19-20,29H,8-10,16-18H2,1-7H3/b27-19+/t29-/m1/s1. The zero-order chi connectivity index (χ0) is 31.8. The predicted molar refractivity (Wildman–Crippen MR) is 172 cm³/mol. The second-order valence-electron chi connectivity index (χ2n) is 10.0. The molecule has 0 fully saturated rings. The summed E-state index contributed by atoms with van der Waals surface area (Å²) in [7, 11) is 4.71. The van der Waals surface area contributed by atoms with Crippen LogP contribution in [0.2, 0.25) is 0 Å². The van der Waals surface area contributed by atoms with Crippen molar-refractivity contribution in [3.63, 3.8) is 0 Å². The maximum atomic E-state index is 14.3. The van der Waals surface area contributed by atoms with Gasteiger partial charge in [0.2, 0.25) is 0 Å². The highest BCUT2D eigenvalue weighted by Gasteiger charge is 2.36. The van der Waals surface area contributed by atoms with E-state index in [9.17, 15) is 9.59 Å². The number of carbonyl (C=O) groups excluding carboxylic acids is 1. The van der Waals surface area contributed by atoms with E-state index in [1.807, 2.05) is 43.3 Å². The van der Waals surface area contributed by atoms with Gasteiger partial charge in [0.15, 0.2) is 16.3 Å². The summed E-state index contributed by atoms with van der Waals surface area (Å²) in [6.07, 6.45) is 2.57. The topological polar surface area (TPSA) is 101 Å². The lowest BCUT2D eigenvalue weighted by atomic mass is 9.94. The van der Waals surface area contributed by atoms with Crippen molar-refractivity contribution in [1.82, 2.24) is 4.57 Å². The highest BCUT2D eigenvalue weighted by Crippen LogP contribution is 2.41. The van der Waals surface area contributed by atoms with E-state index in [-0.39, 0.29) is 24.3 Å². The van der Waals surface area contributed by atoms with Crippen LogP contribution >= 0.6 is 11.3 Å². The Morgan fingerprint density at radius 2 is 1.77 bits per heavy atom. The van der Waals surface area contributed by atoms with Gasteiger partial charge in [0.1, 0.15) is 18.4 Å². The van der Waals surface area contributed by atoms with Crippen molar-refractivity contribution in [2.45, 2.75) is 40.2 Å². The van der Waals surface area contributed by atoms with Crippen LogP contribution in [0.25, 0.3) is 6.08 Å². The molecule has 11 heteroatoms. The average Bonchev–Trinajstić information content (AvgIpc) is 3.33. The number of fused-ring (bicyclic) bond motifs is 1. The fraction of sp³-hybridized carbons (Fsp3) is 0.424. The zero-order valence-electron chi connectivity index (χ0n) is 26.5. The van der Waals surface area contributed by atoms with Gasteiger partial charge in [-0.15, -0.1) is 0 Å². The molecule has 0 amide bonds. The van der Waals surface area contributed by atoms with E-state index >= 15 is 0 Å². The number of carbonyl (C=O) groups is 1. The van der Waals surface area contributed by atoms with Crippen LogP contribution < -0.4 is 34.0 Å². The number of ether oxygens (including phenoxy) is 5.